The van der Waals surface area contributed by atoms with Crippen LogP contribution in [0.4, 0.5) is 4.39 Å². The van der Waals surface area contributed by atoms with Gasteiger partial charge in [-0.25, -0.2) is 4.39 Å². The average molecular weight is 240 g/mol. The molecule has 0 spiro atoms. The van der Waals surface area contributed by atoms with Crippen molar-refractivity contribution >= 4 is 5.91 Å². The highest BCUT2D eigenvalue weighted by atomic mass is 19.1. The Morgan fingerprint density at radius 2 is 2.06 bits per heavy atom. The second-order valence-electron chi connectivity index (χ2n) is 3.76. The number of carbonyl (C=O) groups is 1. The number of rotatable bonds is 6. The van der Waals surface area contributed by atoms with Crippen molar-refractivity contribution in [3.63, 3.8) is 0 Å². The summed E-state index contributed by atoms with van der Waals surface area (Å²) in [6.07, 6.45) is 0.155. The van der Waals surface area contributed by atoms with Gasteiger partial charge in [0.05, 0.1) is 6.10 Å². The maximum Gasteiger partial charge on any atom is 0.220 e. The molecule has 1 unspecified atom stereocenters. The molecule has 0 fully saturated rings. The predicted octanol–water partition coefficient (Wildman–Crippen LogP) is 0.714. The molecule has 94 valence electrons. The number of amides is 1. The summed E-state index contributed by atoms with van der Waals surface area (Å²) < 4.78 is 12.6. The molecule has 1 aromatic rings. The number of aliphatic hydroxyl groups excluding tert-OH is 1. The first-order valence-corrected chi connectivity index (χ1v) is 5.53. The Hall–Kier alpha value is -1.46. The van der Waals surface area contributed by atoms with Crippen LogP contribution in [0.2, 0.25) is 0 Å². The molecular formula is C12H17FN2O2. The smallest absolute Gasteiger partial charge is 0.220 e. The average Bonchev–Trinajstić information content (AvgIpc) is 2.34. The third-order valence-corrected chi connectivity index (χ3v) is 2.36. The SMILES string of the molecule is NCCCC(=O)NCC(O)c1ccc(F)cc1. The third-order valence-electron chi connectivity index (χ3n) is 2.36. The highest BCUT2D eigenvalue weighted by Gasteiger charge is 2.09. The lowest BCUT2D eigenvalue weighted by molar-refractivity contribution is -0.121. The monoisotopic (exact) mass is 240 g/mol. The van der Waals surface area contributed by atoms with Crippen molar-refractivity contribution in [2.45, 2.75) is 18.9 Å². The number of hydrogen-bond donors (Lipinski definition) is 3. The summed E-state index contributed by atoms with van der Waals surface area (Å²) >= 11 is 0. The van der Waals surface area contributed by atoms with Crippen LogP contribution in [0.25, 0.3) is 0 Å². The summed E-state index contributed by atoms with van der Waals surface area (Å²) in [7, 11) is 0. The molecule has 0 heterocycles. The zero-order chi connectivity index (χ0) is 12.7. The van der Waals surface area contributed by atoms with Crippen molar-refractivity contribution < 1.29 is 14.3 Å². The van der Waals surface area contributed by atoms with Gasteiger partial charge >= 0.3 is 0 Å². The number of benzene rings is 1. The Labute approximate surface area is 99.6 Å². The molecule has 0 aliphatic carbocycles. The van der Waals surface area contributed by atoms with Gasteiger partial charge in [-0.3, -0.25) is 4.79 Å². The second-order valence-corrected chi connectivity index (χ2v) is 3.76. The summed E-state index contributed by atoms with van der Waals surface area (Å²) in [5.74, 6) is -0.496. The fraction of sp³-hybridized carbons (Fsp3) is 0.417. The van der Waals surface area contributed by atoms with Crippen molar-refractivity contribution in [3.8, 4) is 0 Å². The van der Waals surface area contributed by atoms with E-state index in [4.69, 9.17) is 5.73 Å². The number of hydrogen-bond acceptors (Lipinski definition) is 3. The van der Waals surface area contributed by atoms with E-state index in [1.54, 1.807) is 0 Å². The molecule has 0 aliphatic rings. The van der Waals surface area contributed by atoms with Gasteiger partial charge in [-0.15, -0.1) is 0 Å². The van der Waals surface area contributed by atoms with Crippen LogP contribution in [-0.2, 0) is 4.79 Å². The maximum absolute atomic E-state index is 12.6. The quantitative estimate of drug-likeness (QED) is 0.685. The Kier molecular flexibility index (Phi) is 5.59. The van der Waals surface area contributed by atoms with E-state index in [0.29, 0.717) is 24.9 Å². The van der Waals surface area contributed by atoms with Crippen molar-refractivity contribution in [1.29, 1.82) is 0 Å². The zero-order valence-corrected chi connectivity index (χ0v) is 9.53. The summed E-state index contributed by atoms with van der Waals surface area (Å²) in [5, 5.41) is 12.3. The Morgan fingerprint density at radius 3 is 2.65 bits per heavy atom. The van der Waals surface area contributed by atoms with Crippen LogP contribution in [0.15, 0.2) is 24.3 Å². The number of carbonyl (C=O) groups excluding carboxylic acids is 1. The van der Waals surface area contributed by atoms with Gasteiger partial charge in [0.25, 0.3) is 0 Å². The van der Waals surface area contributed by atoms with Crippen molar-refractivity contribution in [3.05, 3.63) is 35.6 Å². The number of halogens is 1. The summed E-state index contributed by atoms with van der Waals surface area (Å²) in [5.41, 5.74) is 5.85. The number of aliphatic hydroxyl groups is 1. The van der Waals surface area contributed by atoms with E-state index in [2.05, 4.69) is 5.32 Å². The molecule has 0 aromatic heterocycles. The highest BCUT2D eigenvalue weighted by molar-refractivity contribution is 5.75. The third kappa shape index (κ3) is 4.93. The second kappa shape index (κ2) is 6.98. The molecule has 0 saturated heterocycles. The van der Waals surface area contributed by atoms with Gasteiger partial charge in [0.1, 0.15) is 5.82 Å². The summed E-state index contributed by atoms with van der Waals surface area (Å²) in [6, 6.07) is 5.53. The predicted molar refractivity (Wildman–Crippen MR) is 62.7 cm³/mol. The Bertz CT molecular complexity index is 354. The molecule has 1 aromatic carbocycles. The van der Waals surface area contributed by atoms with Crippen LogP contribution < -0.4 is 11.1 Å². The van der Waals surface area contributed by atoms with E-state index in [1.165, 1.54) is 24.3 Å². The van der Waals surface area contributed by atoms with Crippen molar-refractivity contribution in [2.24, 2.45) is 5.73 Å². The first-order chi connectivity index (χ1) is 8.13. The van der Waals surface area contributed by atoms with Crippen LogP contribution in [0.1, 0.15) is 24.5 Å². The van der Waals surface area contributed by atoms with Crippen LogP contribution >= 0.6 is 0 Å². The van der Waals surface area contributed by atoms with Gasteiger partial charge in [0.2, 0.25) is 5.91 Å². The van der Waals surface area contributed by atoms with Crippen LogP contribution in [0.5, 0.6) is 0 Å². The van der Waals surface area contributed by atoms with Gasteiger partial charge < -0.3 is 16.2 Å². The van der Waals surface area contributed by atoms with Gasteiger partial charge in [0, 0.05) is 13.0 Å². The molecule has 1 atom stereocenters. The van der Waals surface area contributed by atoms with E-state index < -0.39 is 6.10 Å². The van der Waals surface area contributed by atoms with Crippen molar-refractivity contribution in [2.75, 3.05) is 13.1 Å². The van der Waals surface area contributed by atoms with Crippen LogP contribution in [0.3, 0.4) is 0 Å². The molecular weight excluding hydrogens is 223 g/mol. The molecule has 1 rings (SSSR count). The standard InChI is InChI=1S/C12H17FN2O2/c13-10-5-3-9(4-6-10)11(16)8-15-12(17)2-1-7-14/h3-6,11,16H,1-2,7-8,14H2,(H,15,17). The fourth-order valence-electron chi connectivity index (χ4n) is 1.36. The Balaban J connectivity index is 2.36. The summed E-state index contributed by atoms with van der Waals surface area (Å²) in [6.45, 7) is 0.586. The van der Waals surface area contributed by atoms with E-state index in [-0.39, 0.29) is 18.3 Å². The molecule has 4 nitrogen and oxygen atoms in total. The molecule has 1 amide bonds. The zero-order valence-electron chi connectivity index (χ0n) is 9.53. The molecule has 0 aliphatic heterocycles. The minimum atomic E-state index is -0.822. The Morgan fingerprint density at radius 1 is 1.41 bits per heavy atom. The van der Waals surface area contributed by atoms with Gasteiger partial charge in [-0.05, 0) is 30.7 Å². The minimum absolute atomic E-state index is 0.120. The van der Waals surface area contributed by atoms with E-state index in [1.807, 2.05) is 0 Å². The lowest BCUT2D eigenvalue weighted by Crippen LogP contribution is -2.28. The first kappa shape index (κ1) is 13.6. The van der Waals surface area contributed by atoms with Gasteiger partial charge in [-0.1, -0.05) is 12.1 Å². The van der Waals surface area contributed by atoms with Crippen LogP contribution in [0, 0.1) is 5.82 Å². The molecule has 5 heteroatoms. The molecule has 4 N–H and O–H groups in total. The van der Waals surface area contributed by atoms with Gasteiger partial charge in [-0.2, -0.15) is 0 Å². The van der Waals surface area contributed by atoms with E-state index >= 15 is 0 Å². The first-order valence-electron chi connectivity index (χ1n) is 5.53. The molecule has 0 bridgehead atoms. The fourth-order valence-corrected chi connectivity index (χ4v) is 1.36. The summed E-state index contributed by atoms with van der Waals surface area (Å²) in [4.78, 5) is 11.3. The minimum Gasteiger partial charge on any atom is -0.387 e. The van der Waals surface area contributed by atoms with Crippen LogP contribution in [-0.4, -0.2) is 24.1 Å². The lowest BCUT2D eigenvalue weighted by Gasteiger charge is -2.12. The van der Waals surface area contributed by atoms with Crippen molar-refractivity contribution in [1.82, 2.24) is 5.32 Å². The molecule has 17 heavy (non-hydrogen) atoms. The number of nitrogens with one attached hydrogen (secondary N) is 1. The topological polar surface area (TPSA) is 75.4 Å². The largest absolute Gasteiger partial charge is 0.387 e. The van der Waals surface area contributed by atoms with E-state index in [0.717, 1.165) is 0 Å². The normalized spacial score (nSPS) is 12.2. The number of nitrogens with two attached hydrogens (primary N) is 1. The maximum atomic E-state index is 12.6. The molecule has 0 saturated carbocycles. The lowest BCUT2D eigenvalue weighted by atomic mass is 10.1. The van der Waals surface area contributed by atoms with Gasteiger partial charge in [0.15, 0.2) is 0 Å². The highest BCUT2D eigenvalue weighted by Crippen LogP contribution is 2.12. The van der Waals surface area contributed by atoms with E-state index in [9.17, 15) is 14.3 Å². The molecule has 0 radical (unpaired) electrons.